The number of aryl methyl sites for hydroxylation is 2. The van der Waals surface area contributed by atoms with Gasteiger partial charge >= 0.3 is 0 Å². The topological polar surface area (TPSA) is 49.6 Å². The maximum atomic E-state index is 12.9. The number of carbonyl (C=O) groups excluding carboxylic acids is 1. The molecule has 6 rings (SSSR count). The summed E-state index contributed by atoms with van der Waals surface area (Å²) >= 11 is 0. The number of nitrogens with zero attached hydrogens (tertiary/aromatic N) is 3. The molecule has 5 heteroatoms. The molecule has 0 saturated carbocycles. The highest BCUT2D eigenvalue weighted by Gasteiger charge is 2.28. The van der Waals surface area contributed by atoms with Gasteiger partial charge in [-0.3, -0.25) is 14.7 Å². The SMILES string of the molecule is O=C(CN1CCCCC1)N1CCC(c2cc(-c3ccncc3)c(-c3ccc4c(c3)CCC4)o2)CC1. The molecule has 1 aromatic carbocycles. The van der Waals surface area contributed by atoms with Crippen molar-refractivity contribution in [1.82, 2.24) is 14.8 Å². The quantitative estimate of drug-likeness (QED) is 0.482. The first-order valence-electron chi connectivity index (χ1n) is 13.4. The van der Waals surface area contributed by atoms with E-state index in [4.69, 9.17) is 4.42 Å². The number of piperidine rings is 2. The summed E-state index contributed by atoms with van der Waals surface area (Å²) < 4.78 is 6.64. The molecule has 5 nitrogen and oxygen atoms in total. The van der Waals surface area contributed by atoms with Crippen molar-refractivity contribution in [3.63, 3.8) is 0 Å². The maximum Gasteiger partial charge on any atom is 0.236 e. The van der Waals surface area contributed by atoms with Gasteiger partial charge in [-0.25, -0.2) is 0 Å². The van der Waals surface area contributed by atoms with Crippen LogP contribution in [0.3, 0.4) is 0 Å². The van der Waals surface area contributed by atoms with Crippen molar-refractivity contribution in [3.8, 4) is 22.5 Å². The Morgan fingerprint density at radius 2 is 1.63 bits per heavy atom. The average molecular weight is 470 g/mol. The van der Waals surface area contributed by atoms with E-state index >= 15 is 0 Å². The third-order valence-corrected chi connectivity index (χ3v) is 8.16. The number of amides is 1. The largest absolute Gasteiger partial charge is 0.460 e. The van der Waals surface area contributed by atoms with E-state index in [1.54, 1.807) is 0 Å². The van der Waals surface area contributed by atoms with Crippen molar-refractivity contribution in [2.24, 2.45) is 0 Å². The minimum absolute atomic E-state index is 0.293. The first-order valence-corrected chi connectivity index (χ1v) is 13.4. The Balaban J connectivity index is 1.21. The molecule has 2 aliphatic heterocycles. The van der Waals surface area contributed by atoms with E-state index in [2.05, 4.69) is 51.2 Å². The number of aromatic nitrogens is 1. The molecular formula is C30H35N3O2. The van der Waals surface area contributed by atoms with E-state index in [1.807, 2.05) is 12.4 Å². The monoisotopic (exact) mass is 469 g/mol. The van der Waals surface area contributed by atoms with Crippen LogP contribution in [0.15, 0.2) is 53.2 Å². The third kappa shape index (κ3) is 4.79. The lowest BCUT2D eigenvalue weighted by Crippen LogP contribution is -2.45. The summed E-state index contributed by atoms with van der Waals surface area (Å²) in [4.78, 5) is 21.5. The number of carbonyl (C=O) groups is 1. The second-order valence-electron chi connectivity index (χ2n) is 10.5. The van der Waals surface area contributed by atoms with Gasteiger partial charge in [-0.2, -0.15) is 0 Å². The minimum atomic E-state index is 0.293. The van der Waals surface area contributed by atoms with Crippen LogP contribution in [0.25, 0.3) is 22.5 Å². The Morgan fingerprint density at radius 3 is 2.43 bits per heavy atom. The summed E-state index contributed by atoms with van der Waals surface area (Å²) in [5.74, 6) is 2.65. The predicted molar refractivity (Wildman–Crippen MR) is 138 cm³/mol. The van der Waals surface area contributed by atoms with Crippen LogP contribution in [0.1, 0.15) is 61.3 Å². The van der Waals surface area contributed by atoms with E-state index in [0.29, 0.717) is 18.4 Å². The molecule has 0 unspecified atom stereocenters. The number of pyridine rings is 1. The number of hydrogen-bond donors (Lipinski definition) is 0. The van der Waals surface area contributed by atoms with Crippen LogP contribution < -0.4 is 0 Å². The standard InChI is InChI=1S/C30H35N3O2/c34-29(21-32-15-2-1-3-16-32)33-17-11-24(12-18-33)28-20-27(23-9-13-31-14-10-23)30(35-28)26-8-7-22-5-4-6-25(22)19-26/h7-10,13-14,19-20,24H,1-6,11-12,15-18,21H2. The van der Waals surface area contributed by atoms with E-state index < -0.39 is 0 Å². The fraction of sp³-hybridized carbons (Fsp3) is 0.467. The van der Waals surface area contributed by atoms with Gasteiger partial charge < -0.3 is 9.32 Å². The van der Waals surface area contributed by atoms with Crippen LogP contribution in [0.5, 0.6) is 0 Å². The Hall–Kier alpha value is -2.92. The van der Waals surface area contributed by atoms with Crippen molar-refractivity contribution in [2.45, 2.75) is 57.3 Å². The third-order valence-electron chi connectivity index (χ3n) is 8.16. The Kier molecular flexibility index (Phi) is 6.43. The van der Waals surface area contributed by atoms with Crippen molar-refractivity contribution in [2.75, 3.05) is 32.7 Å². The molecular weight excluding hydrogens is 434 g/mol. The molecule has 0 N–H and O–H groups in total. The van der Waals surface area contributed by atoms with Gasteiger partial charge in [-0.05, 0) is 99.0 Å². The summed E-state index contributed by atoms with van der Waals surface area (Å²) in [6.45, 7) is 4.35. The average Bonchev–Trinajstić information content (AvgIpc) is 3.57. The fourth-order valence-electron chi connectivity index (χ4n) is 6.11. The summed E-state index contributed by atoms with van der Waals surface area (Å²) in [7, 11) is 0. The molecule has 2 saturated heterocycles. The summed E-state index contributed by atoms with van der Waals surface area (Å²) in [6, 6.07) is 13.2. The number of likely N-dealkylation sites (tertiary alicyclic amines) is 2. The molecule has 0 atom stereocenters. The smallest absolute Gasteiger partial charge is 0.236 e. The van der Waals surface area contributed by atoms with Gasteiger partial charge in [0.1, 0.15) is 11.5 Å². The number of furan rings is 1. The van der Waals surface area contributed by atoms with E-state index in [0.717, 1.165) is 73.7 Å². The fourth-order valence-corrected chi connectivity index (χ4v) is 6.11. The summed E-state index contributed by atoms with van der Waals surface area (Å²) in [5.41, 5.74) is 6.38. The van der Waals surface area contributed by atoms with Gasteiger partial charge in [-0.1, -0.05) is 18.6 Å². The van der Waals surface area contributed by atoms with Gasteiger partial charge in [0.15, 0.2) is 0 Å². The van der Waals surface area contributed by atoms with Crippen LogP contribution in [-0.4, -0.2) is 53.4 Å². The normalized spacial score (nSPS) is 19.1. The second kappa shape index (κ2) is 9.98. The van der Waals surface area contributed by atoms with E-state index in [-0.39, 0.29) is 0 Å². The summed E-state index contributed by atoms with van der Waals surface area (Å²) in [5, 5.41) is 0. The lowest BCUT2D eigenvalue weighted by Gasteiger charge is -2.34. The predicted octanol–water partition coefficient (Wildman–Crippen LogP) is 5.69. The molecule has 2 fully saturated rings. The number of fused-ring (bicyclic) bond motifs is 1. The van der Waals surface area contributed by atoms with Gasteiger partial charge in [0.2, 0.25) is 5.91 Å². The molecule has 0 spiro atoms. The molecule has 35 heavy (non-hydrogen) atoms. The van der Waals surface area contributed by atoms with Crippen LogP contribution in [-0.2, 0) is 17.6 Å². The number of rotatable bonds is 5. The lowest BCUT2D eigenvalue weighted by atomic mass is 9.93. The molecule has 0 bridgehead atoms. The van der Waals surface area contributed by atoms with E-state index in [9.17, 15) is 4.79 Å². The number of benzene rings is 1. The lowest BCUT2D eigenvalue weighted by molar-refractivity contribution is -0.133. The molecule has 1 amide bonds. The molecule has 3 aromatic rings. The zero-order valence-corrected chi connectivity index (χ0v) is 20.5. The first-order chi connectivity index (χ1) is 17.2. The molecule has 182 valence electrons. The molecule has 2 aromatic heterocycles. The zero-order chi connectivity index (χ0) is 23.6. The Morgan fingerprint density at radius 1 is 0.857 bits per heavy atom. The molecule has 1 aliphatic carbocycles. The highest BCUT2D eigenvalue weighted by atomic mass is 16.3. The highest BCUT2D eigenvalue weighted by molar-refractivity contribution is 5.81. The number of hydrogen-bond acceptors (Lipinski definition) is 4. The first kappa shape index (κ1) is 22.5. The second-order valence-corrected chi connectivity index (χ2v) is 10.5. The van der Waals surface area contributed by atoms with Crippen LogP contribution in [0, 0.1) is 0 Å². The maximum absolute atomic E-state index is 12.9. The van der Waals surface area contributed by atoms with Crippen LogP contribution in [0.4, 0.5) is 0 Å². The van der Waals surface area contributed by atoms with E-state index in [1.165, 1.54) is 43.2 Å². The van der Waals surface area contributed by atoms with Gasteiger partial charge in [0.25, 0.3) is 0 Å². The van der Waals surface area contributed by atoms with Crippen LogP contribution in [0.2, 0.25) is 0 Å². The molecule has 4 heterocycles. The summed E-state index contributed by atoms with van der Waals surface area (Å²) in [6.07, 6.45) is 12.9. The zero-order valence-electron chi connectivity index (χ0n) is 20.5. The Bertz CT molecular complexity index is 1170. The van der Waals surface area contributed by atoms with Crippen LogP contribution >= 0.6 is 0 Å². The van der Waals surface area contributed by atoms with Crippen molar-refractivity contribution in [1.29, 1.82) is 0 Å². The highest BCUT2D eigenvalue weighted by Crippen LogP contribution is 2.41. The molecule has 3 aliphatic rings. The van der Waals surface area contributed by atoms with Crippen molar-refractivity contribution < 1.29 is 9.21 Å². The van der Waals surface area contributed by atoms with Crippen molar-refractivity contribution in [3.05, 3.63) is 65.7 Å². The molecule has 0 radical (unpaired) electrons. The Labute approximate surface area is 208 Å². The minimum Gasteiger partial charge on any atom is -0.460 e. The van der Waals surface area contributed by atoms with Gasteiger partial charge in [0, 0.05) is 42.5 Å². The van der Waals surface area contributed by atoms with Gasteiger partial charge in [0.05, 0.1) is 6.54 Å². The van der Waals surface area contributed by atoms with Crippen molar-refractivity contribution >= 4 is 5.91 Å². The van der Waals surface area contributed by atoms with Gasteiger partial charge in [-0.15, -0.1) is 0 Å².